The molecule has 25 heavy (non-hydrogen) atoms. The van der Waals surface area contributed by atoms with Crippen molar-refractivity contribution in [3.8, 4) is 0 Å². The summed E-state index contributed by atoms with van der Waals surface area (Å²) in [7, 11) is 0. The molecule has 1 aromatic carbocycles. The van der Waals surface area contributed by atoms with Crippen LogP contribution in [0, 0.1) is 0 Å². The number of aromatic nitrogens is 3. The minimum atomic E-state index is 0.0732. The van der Waals surface area contributed by atoms with Crippen LogP contribution in [-0.2, 0) is 24.3 Å². The molecule has 0 spiro atoms. The number of likely N-dealkylation sites (tertiary alicyclic amines) is 1. The van der Waals surface area contributed by atoms with Crippen molar-refractivity contribution < 1.29 is 4.79 Å². The Morgan fingerprint density at radius 1 is 1.16 bits per heavy atom. The third-order valence-corrected chi connectivity index (χ3v) is 5.27. The summed E-state index contributed by atoms with van der Waals surface area (Å²) in [6.07, 6.45) is 4.47. The number of benzene rings is 1. The van der Waals surface area contributed by atoms with E-state index in [1.807, 2.05) is 0 Å². The Kier molecular flexibility index (Phi) is 4.78. The van der Waals surface area contributed by atoms with E-state index in [2.05, 4.69) is 55.3 Å². The van der Waals surface area contributed by atoms with Crippen LogP contribution in [0.4, 0.5) is 0 Å². The molecule has 1 atom stereocenters. The number of nitrogens with one attached hydrogen (secondary N) is 1. The number of nitrogens with zero attached hydrogens (tertiary/aromatic N) is 4. The number of carbonyl (C=O) groups is 1. The molecule has 1 unspecified atom stereocenters. The second-order valence-electron chi connectivity index (χ2n) is 7.05. The van der Waals surface area contributed by atoms with Crippen molar-refractivity contribution in [2.24, 2.45) is 0 Å². The van der Waals surface area contributed by atoms with Gasteiger partial charge in [-0.25, -0.2) is 0 Å². The van der Waals surface area contributed by atoms with Crippen LogP contribution in [0.3, 0.4) is 0 Å². The van der Waals surface area contributed by atoms with Crippen LogP contribution in [0.15, 0.2) is 30.3 Å². The maximum Gasteiger partial charge on any atom is 0.234 e. The van der Waals surface area contributed by atoms with Gasteiger partial charge in [0, 0.05) is 19.5 Å². The summed E-state index contributed by atoms with van der Waals surface area (Å²) < 4.78 is 2.13. The van der Waals surface area contributed by atoms with Gasteiger partial charge < -0.3 is 9.88 Å². The monoisotopic (exact) mass is 339 g/mol. The van der Waals surface area contributed by atoms with E-state index in [1.165, 1.54) is 12.0 Å². The molecular formula is C19H25N5O. The third-order valence-electron chi connectivity index (χ3n) is 5.27. The molecule has 0 radical (unpaired) electrons. The number of rotatable bonds is 5. The fourth-order valence-corrected chi connectivity index (χ4v) is 3.97. The zero-order chi connectivity index (χ0) is 17.1. The van der Waals surface area contributed by atoms with E-state index in [0.29, 0.717) is 19.0 Å². The number of aryl methyl sites for hydroxylation is 1. The molecule has 1 saturated heterocycles. The van der Waals surface area contributed by atoms with E-state index in [9.17, 15) is 4.79 Å². The lowest BCUT2D eigenvalue weighted by Crippen LogP contribution is -2.42. The fourth-order valence-electron chi connectivity index (χ4n) is 3.97. The number of hydrogen-bond acceptors (Lipinski definition) is 4. The number of hydrogen-bond donors (Lipinski definition) is 1. The maximum absolute atomic E-state index is 12.3. The van der Waals surface area contributed by atoms with E-state index in [0.717, 1.165) is 50.5 Å². The van der Waals surface area contributed by atoms with Crippen molar-refractivity contribution in [3.05, 3.63) is 47.5 Å². The first-order valence-corrected chi connectivity index (χ1v) is 9.24. The Labute approximate surface area is 148 Å². The molecule has 132 valence electrons. The van der Waals surface area contributed by atoms with Crippen LogP contribution in [0.1, 0.15) is 42.4 Å². The van der Waals surface area contributed by atoms with E-state index in [4.69, 9.17) is 0 Å². The average molecular weight is 339 g/mol. The highest BCUT2D eigenvalue weighted by atomic mass is 16.2. The molecule has 2 aliphatic heterocycles. The normalized spacial score (nSPS) is 20.4. The largest absolute Gasteiger partial charge is 0.348 e. The van der Waals surface area contributed by atoms with Gasteiger partial charge in [0.05, 0.1) is 13.1 Å². The minimum Gasteiger partial charge on any atom is -0.348 e. The lowest BCUT2D eigenvalue weighted by Gasteiger charge is -2.32. The second kappa shape index (κ2) is 7.35. The van der Waals surface area contributed by atoms with E-state index < -0.39 is 0 Å². The first kappa shape index (κ1) is 16.3. The van der Waals surface area contributed by atoms with Crippen molar-refractivity contribution >= 4 is 5.91 Å². The van der Waals surface area contributed by atoms with Crippen LogP contribution in [0.5, 0.6) is 0 Å². The van der Waals surface area contributed by atoms with Gasteiger partial charge in [-0.05, 0) is 37.3 Å². The summed E-state index contributed by atoms with van der Waals surface area (Å²) in [5.41, 5.74) is 1.38. The van der Waals surface area contributed by atoms with E-state index >= 15 is 0 Å². The quantitative estimate of drug-likeness (QED) is 0.901. The maximum atomic E-state index is 12.3. The lowest BCUT2D eigenvalue weighted by atomic mass is 9.91. The first-order chi connectivity index (χ1) is 12.3. The SMILES string of the molecule is O=C(CN1CCCC(c2ccccc2)C1)NCc1nnc2n1CCC2. The number of amides is 1. The number of piperidine rings is 1. The molecule has 2 aromatic rings. The summed E-state index contributed by atoms with van der Waals surface area (Å²) in [4.78, 5) is 14.6. The fraction of sp³-hybridized carbons (Fsp3) is 0.526. The van der Waals surface area contributed by atoms with Crippen LogP contribution in [-0.4, -0.2) is 45.2 Å². The van der Waals surface area contributed by atoms with Gasteiger partial charge in [0.25, 0.3) is 0 Å². The number of carbonyl (C=O) groups excluding carboxylic acids is 1. The average Bonchev–Trinajstić information content (AvgIpc) is 3.25. The van der Waals surface area contributed by atoms with Crippen LogP contribution < -0.4 is 5.32 Å². The standard InChI is InChI=1S/C19H25N5O/c25-19(20-12-18-22-21-17-9-5-11-24(17)18)14-23-10-4-8-16(13-23)15-6-2-1-3-7-15/h1-3,6-7,16H,4-5,8-14H2,(H,20,25). The highest BCUT2D eigenvalue weighted by Crippen LogP contribution is 2.26. The summed E-state index contributed by atoms with van der Waals surface area (Å²) in [6.45, 7) is 3.86. The van der Waals surface area contributed by atoms with Gasteiger partial charge in [0.1, 0.15) is 5.82 Å². The molecule has 0 bridgehead atoms. The molecule has 0 saturated carbocycles. The van der Waals surface area contributed by atoms with Gasteiger partial charge >= 0.3 is 0 Å². The van der Waals surface area contributed by atoms with Crippen LogP contribution in [0.25, 0.3) is 0 Å². The van der Waals surface area contributed by atoms with Crippen molar-refractivity contribution in [2.45, 2.75) is 44.7 Å². The molecule has 1 aromatic heterocycles. The first-order valence-electron chi connectivity index (χ1n) is 9.24. The third kappa shape index (κ3) is 3.74. The zero-order valence-corrected chi connectivity index (χ0v) is 14.5. The van der Waals surface area contributed by atoms with Crippen molar-refractivity contribution in [1.29, 1.82) is 0 Å². The summed E-state index contributed by atoms with van der Waals surface area (Å²) in [5, 5.41) is 11.4. The lowest BCUT2D eigenvalue weighted by molar-refractivity contribution is -0.122. The molecule has 2 aliphatic rings. The van der Waals surface area contributed by atoms with E-state index in [-0.39, 0.29) is 5.91 Å². The summed E-state index contributed by atoms with van der Waals surface area (Å²) in [5.74, 6) is 2.53. The Bertz CT molecular complexity index is 727. The van der Waals surface area contributed by atoms with Gasteiger partial charge in [0.15, 0.2) is 5.82 Å². The molecular weight excluding hydrogens is 314 g/mol. The van der Waals surface area contributed by atoms with Crippen molar-refractivity contribution in [2.75, 3.05) is 19.6 Å². The molecule has 0 aliphatic carbocycles. The van der Waals surface area contributed by atoms with Gasteiger partial charge in [-0.15, -0.1) is 10.2 Å². The van der Waals surface area contributed by atoms with Crippen LogP contribution >= 0.6 is 0 Å². The number of fused-ring (bicyclic) bond motifs is 1. The molecule has 4 rings (SSSR count). The Morgan fingerprint density at radius 2 is 2.04 bits per heavy atom. The zero-order valence-electron chi connectivity index (χ0n) is 14.5. The molecule has 3 heterocycles. The van der Waals surface area contributed by atoms with Gasteiger partial charge in [-0.2, -0.15) is 0 Å². The molecule has 6 nitrogen and oxygen atoms in total. The molecule has 1 amide bonds. The van der Waals surface area contributed by atoms with E-state index in [1.54, 1.807) is 0 Å². The van der Waals surface area contributed by atoms with Crippen molar-refractivity contribution in [3.63, 3.8) is 0 Å². The molecule has 1 fully saturated rings. The molecule has 1 N–H and O–H groups in total. The Morgan fingerprint density at radius 3 is 2.92 bits per heavy atom. The highest BCUT2D eigenvalue weighted by Gasteiger charge is 2.23. The van der Waals surface area contributed by atoms with Crippen LogP contribution in [0.2, 0.25) is 0 Å². The second-order valence-corrected chi connectivity index (χ2v) is 7.05. The smallest absolute Gasteiger partial charge is 0.234 e. The minimum absolute atomic E-state index is 0.0732. The van der Waals surface area contributed by atoms with Crippen molar-refractivity contribution in [1.82, 2.24) is 25.0 Å². The Balaban J connectivity index is 1.28. The summed E-state index contributed by atoms with van der Waals surface area (Å²) in [6, 6.07) is 10.6. The Hall–Kier alpha value is -2.21. The van der Waals surface area contributed by atoms with Gasteiger partial charge in [-0.3, -0.25) is 9.69 Å². The predicted octanol–water partition coefficient (Wildman–Crippen LogP) is 1.72. The summed E-state index contributed by atoms with van der Waals surface area (Å²) >= 11 is 0. The topological polar surface area (TPSA) is 63.1 Å². The highest BCUT2D eigenvalue weighted by molar-refractivity contribution is 5.77. The van der Waals surface area contributed by atoms with Gasteiger partial charge in [0.2, 0.25) is 5.91 Å². The molecule has 6 heteroatoms. The van der Waals surface area contributed by atoms with Gasteiger partial charge in [-0.1, -0.05) is 30.3 Å². The predicted molar refractivity (Wildman–Crippen MR) is 95.0 cm³/mol.